The Morgan fingerprint density at radius 3 is 1.29 bits per heavy atom. The number of thioether (sulfide) groups is 2. The SMILES string of the molecule is Cc1cc(SCc2ccccc2CSc2cc(C)cc(C(C)(C)C)c2O)c(O)c(C(C)(C)C)c1. The van der Waals surface area contributed by atoms with Crippen LogP contribution in [0.3, 0.4) is 0 Å². The normalized spacial score (nSPS) is 12.2. The Bertz CT molecular complexity index is 1080. The highest BCUT2D eigenvalue weighted by molar-refractivity contribution is 7.99. The van der Waals surface area contributed by atoms with Crippen molar-refractivity contribution in [3.8, 4) is 11.5 Å². The molecule has 0 saturated heterocycles. The van der Waals surface area contributed by atoms with Crippen LogP contribution in [0.15, 0.2) is 58.3 Å². The molecule has 3 aromatic carbocycles. The molecule has 34 heavy (non-hydrogen) atoms. The highest BCUT2D eigenvalue weighted by Crippen LogP contribution is 2.42. The summed E-state index contributed by atoms with van der Waals surface area (Å²) in [5, 5.41) is 21.9. The number of phenolic OH excluding ortho intramolecular Hbond substituents is 2. The molecule has 182 valence electrons. The molecule has 0 heterocycles. The van der Waals surface area contributed by atoms with Crippen LogP contribution in [-0.2, 0) is 22.3 Å². The zero-order valence-corrected chi connectivity index (χ0v) is 23.4. The molecule has 0 fully saturated rings. The summed E-state index contributed by atoms with van der Waals surface area (Å²) in [7, 11) is 0. The van der Waals surface area contributed by atoms with Crippen LogP contribution >= 0.6 is 23.5 Å². The molecule has 0 bridgehead atoms. The van der Waals surface area contributed by atoms with Crippen LogP contribution in [0.5, 0.6) is 11.5 Å². The van der Waals surface area contributed by atoms with Gasteiger partial charge < -0.3 is 10.2 Å². The van der Waals surface area contributed by atoms with Gasteiger partial charge in [-0.3, -0.25) is 0 Å². The van der Waals surface area contributed by atoms with Gasteiger partial charge in [-0.1, -0.05) is 77.9 Å². The zero-order chi connectivity index (χ0) is 25.3. The van der Waals surface area contributed by atoms with Crippen molar-refractivity contribution in [2.75, 3.05) is 0 Å². The molecule has 0 amide bonds. The summed E-state index contributed by atoms with van der Waals surface area (Å²) in [6.07, 6.45) is 0. The molecule has 2 nitrogen and oxygen atoms in total. The molecule has 4 heteroatoms. The fraction of sp³-hybridized carbons (Fsp3) is 0.400. The maximum atomic E-state index is 10.9. The first-order valence-corrected chi connectivity index (χ1v) is 13.7. The lowest BCUT2D eigenvalue weighted by Gasteiger charge is -2.23. The summed E-state index contributed by atoms with van der Waals surface area (Å²) >= 11 is 3.37. The van der Waals surface area contributed by atoms with Gasteiger partial charge in [0.2, 0.25) is 0 Å². The largest absolute Gasteiger partial charge is 0.506 e. The molecule has 3 rings (SSSR count). The van der Waals surface area contributed by atoms with Crippen LogP contribution in [0.4, 0.5) is 0 Å². The molecular weight excluding hydrogens is 456 g/mol. The van der Waals surface area contributed by atoms with Gasteiger partial charge in [-0.05, 0) is 59.1 Å². The van der Waals surface area contributed by atoms with Crippen molar-refractivity contribution in [1.29, 1.82) is 0 Å². The standard InChI is InChI=1S/C30H38O2S2/c1-19-13-23(29(3,4)5)27(31)25(15-19)33-17-21-11-9-10-12-22(21)18-34-26-16-20(2)14-24(28(26)32)30(6,7)8/h9-16,31-32H,17-18H2,1-8H3. The van der Waals surface area contributed by atoms with Gasteiger partial charge in [-0.25, -0.2) is 0 Å². The second-order valence-corrected chi connectivity index (χ2v) is 13.2. The summed E-state index contributed by atoms with van der Waals surface area (Å²) in [5.41, 5.74) is 6.59. The maximum absolute atomic E-state index is 10.9. The van der Waals surface area contributed by atoms with E-state index in [1.165, 1.54) is 22.3 Å². The number of benzene rings is 3. The first-order valence-electron chi connectivity index (χ1n) is 11.8. The zero-order valence-electron chi connectivity index (χ0n) is 21.7. The van der Waals surface area contributed by atoms with E-state index in [1.807, 2.05) is 0 Å². The monoisotopic (exact) mass is 494 g/mol. The average molecular weight is 495 g/mol. The van der Waals surface area contributed by atoms with E-state index in [9.17, 15) is 10.2 Å². The fourth-order valence-corrected chi connectivity index (χ4v) is 6.22. The minimum atomic E-state index is -0.109. The van der Waals surface area contributed by atoms with Crippen molar-refractivity contribution in [2.24, 2.45) is 0 Å². The summed E-state index contributed by atoms with van der Waals surface area (Å²) in [6.45, 7) is 17.0. The van der Waals surface area contributed by atoms with E-state index < -0.39 is 0 Å². The number of hydrogen-bond acceptors (Lipinski definition) is 4. The lowest BCUT2D eigenvalue weighted by molar-refractivity contribution is 0.433. The van der Waals surface area contributed by atoms with E-state index in [0.29, 0.717) is 11.5 Å². The molecule has 2 N–H and O–H groups in total. The quantitative estimate of drug-likeness (QED) is 0.336. The number of phenols is 2. The second kappa shape index (κ2) is 10.3. The van der Waals surface area contributed by atoms with Gasteiger partial charge in [-0.2, -0.15) is 0 Å². The third-order valence-corrected chi connectivity index (χ3v) is 8.09. The summed E-state index contributed by atoms with van der Waals surface area (Å²) in [5.74, 6) is 2.36. The fourth-order valence-electron chi connectivity index (χ4n) is 4.00. The van der Waals surface area contributed by atoms with Crippen LogP contribution in [0.25, 0.3) is 0 Å². The van der Waals surface area contributed by atoms with Crippen molar-refractivity contribution in [1.82, 2.24) is 0 Å². The Morgan fingerprint density at radius 1 is 0.618 bits per heavy atom. The van der Waals surface area contributed by atoms with Gasteiger partial charge in [0.25, 0.3) is 0 Å². The molecule has 0 atom stereocenters. The van der Waals surface area contributed by atoms with E-state index in [0.717, 1.165) is 32.4 Å². The van der Waals surface area contributed by atoms with Gasteiger partial charge in [-0.15, -0.1) is 23.5 Å². The van der Waals surface area contributed by atoms with Gasteiger partial charge in [0.1, 0.15) is 11.5 Å². The Kier molecular flexibility index (Phi) is 8.04. The van der Waals surface area contributed by atoms with Crippen LogP contribution in [-0.4, -0.2) is 10.2 Å². The molecular formula is C30H38O2S2. The first-order chi connectivity index (χ1) is 15.8. The maximum Gasteiger partial charge on any atom is 0.132 e. The molecule has 0 aliphatic rings. The van der Waals surface area contributed by atoms with Crippen molar-refractivity contribution in [2.45, 2.75) is 87.5 Å². The van der Waals surface area contributed by atoms with Crippen molar-refractivity contribution < 1.29 is 10.2 Å². The number of hydrogen-bond donors (Lipinski definition) is 2. The Balaban J connectivity index is 1.82. The number of aromatic hydroxyl groups is 2. The molecule has 0 unspecified atom stereocenters. The first kappa shape index (κ1) is 26.6. The Hall–Kier alpha value is -2.04. The second-order valence-electron chi connectivity index (χ2n) is 11.2. The number of rotatable bonds is 6. The summed E-state index contributed by atoms with van der Waals surface area (Å²) in [6, 6.07) is 16.8. The van der Waals surface area contributed by atoms with E-state index in [4.69, 9.17) is 0 Å². The van der Waals surface area contributed by atoms with Gasteiger partial charge >= 0.3 is 0 Å². The van der Waals surface area contributed by atoms with E-state index >= 15 is 0 Å². The van der Waals surface area contributed by atoms with Crippen molar-refractivity contribution in [3.63, 3.8) is 0 Å². The third-order valence-electron chi connectivity index (χ3n) is 5.94. The molecule has 3 aromatic rings. The van der Waals surface area contributed by atoms with Crippen molar-refractivity contribution in [3.05, 3.63) is 81.9 Å². The Labute approximate surface area is 214 Å². The van der Waals surface area contributed by atoms with Crippen LogP contribution in [0.1, 0.15) is 74.9 Å². The predicted molar refractivity (Wildman–Crippen MR) is 149 cm³/mol. The van der Waals surface area contributed by atoms with Crippen LogP contribution < -0.4 is 0 Å². The average Bonchev–Trinajstić information content (AvgIpc) is 2.73. The van der Waals surface area contributed by atoms with E-state index in [1.54, 1.807) is 23.5 Å². The van der Waals surface area contributed by atoms with Gasteiger partial charge in [0.15, 0.2) is 0 Å². The van der Waals surface area contributed by atoms with E-state index in [-0.39, 0.29) is 10.8 Å². The van der Waals surface area contributed by atoms with E-state index in [2.05, 4.69) is 104 Å². The van der Waals surface area contributed by atoms with Crippen LogP contribution in [0.2, 0.25) is 0 Å². The molecule has 0 aromatic heterocycles. The van der Waals surface area contributed by atoms with Crippen molar-refractivity contribution >= 4 is 23.5 Å². The summed E-state index contributed by atoms with van der Waals surface area (Å²) < 4.78 is 0. The number of aryl methyl sites for hydroxylation is 2. The molecule has 0 spiro atoms. The lowest BCUT2D eigenvalue weighted by atomic mass is 9.85. The minimum Gasteiger partial charge on any atom is -0.506 e. The minimum absolute atomic E-state index is 0.109. The Morgan fingerprint density at radius 2 is 0.971 bits per heavy atom. The van der Waals surface area contributed by atoms with Crippen LogP contribution in [0, 0.1) is 13.8 Å². The summed E-state index contributed by atoms with van der Waals surface area (Å²) in [4.78, 5) is 1.86. The molecule has 0 saturated carbocycles. The van der Waals surface area contributed by atoms with Gasteiger partial charge in [0, 0.05) is 32.4 Å². The molecule has 0 aliphatic heterocycles. The highest BCUT2D eigenvalue weighted by Gasteiger charge is 2.22. The smallest absolute Gasteiger partial charge is 0.132 e. The highest BCUT2D eigenvalue weighted by atomic mass is 32.2. The topological polar surface area (TPSA) is 40.5 Å². The predicted octanol–water partition coefficient (Wildman–Crippen LogP) is 8.89. The third kappa shape index (κ3) is 6.34. The van der Waals surface area contributed by atoms with Gasteiger partial charge in [0.05, 0.1) is 0 Å². The lowest BCUT2D eigenvalue weighted by Crippen LogP contribution is -2.12. The molecule has 0 radical (unpaired) electrons. The molecule has 0 aliphatic carbocycles.